The first-order chi connectivity index (χ1) is 8.32. The second-order valence-corrected chi connectivity index (χ2v) is 3.89. The van der Waals surface area contributed by atoms with Crippen molar-refractivity contribution in [3.63, 3.8) is 0 Å². The maximum atomic E-state index is 13.1. The zero-order valence-electron chi connectivity index (χ0n) is 9.45. The molecule has 0 fully saturated rings. The molecule has 0 aromatic carbocycles. The van der Waals surface area contributed by atoms with Crippen molar-refractivity contribution >= 4 is 0 Å². The molecule has 110 valence electrons. The smallest absolute Gasteiger partial charge is 0.186 e. The Morgan fingerprint density at radius 3 is 1.67 bits per heavy atom. The van der Waals surface area contributed by atoms with Gasteiger partial charge in [-0.1, -0.05) is 0 Å². The summed E-state index contributed by atoms with van der Waals surface area (Å²) in [4.78, 5) is 0. The lowest BCUT2D eigenvalue weighted by atomic mass is 10.0. The van der Waals surface area contributed by atoms with Gasteiger partial charge < -0.3 is 10.2 Å². The first-order valence-electron chi connectivity index (χ1n) is 5.45. The highest BCUT2D eigenvalue weighted by atomic mass is 19.2. The molecule has 0 spiro atoms. The van der Waals surface area contributed by atoms with Crippen LogP contribution < -0.4 is 0 Å². The van der Waals surface area contributed by atoms with E-state index in [1.54, 1.807) is 0 Å². The lowest BCUT2D eigenvalue weighted by Crippen LogP contribution is -2.43. The van der Waals surface area contributed by atoms with Crippen LogP contribution >= 0.6 is 0 Å². The molecule has 0 bridgehead atoms. The molecule has 0 aliphatic rings. The van der Waals surface area contributed by atoms with Gasteiger partial charge in [0, 0.05) is 0 Å². The minimum absolute atomic E-state index is 0.0375. The summed E-state index contributed by atoms with van der Waals surface area (Å²) < 4.78 is 76.4. The summed E-state index contributed by atoms with van der Waals surface area (Å²) in [5.41, 5.74) is 0. The van der Waals surface area contributed by atoms with Crippen LogP contribution in [0.25, 0.3) is 0 Å². The van der Waals surface area contributed by atoms with Crippen LogP contribution in [0.2, 0.25) is 0 Å². The van der Waals surface area contributed by atoms with E-state index < -0.39 is 50.2 Å². The van der Waals surface area contributed by atoms with Crippen molar-refractivity contribution in [2.24, 2.45) is 0 Å². The molecule has 0 rings (SSSR count). The fraction of sp³-hybridized carbons (Fsp3) is 1.00. The SMILES string of the molecule is OC(O)C(F)C(F)C(F)C(F)C(F)CCCCF. The van der Waals surface area contributed by atoms with E-state index in [0.29, 0.717) is 0 Å². The number of rotatable bonds is 9. The highest BCUT2D eigenvalue weighted by molar-refractivity contribution is 4.87. The summed E-state index contributed by atoms with van der Waals surface area (Å²) >= 11 is 0. The first-order valence-corrected chi connectivity index (χ1v) is 5.45. The zero-order chi connectivity index (χ0) is 14.3. The number of hydrogen-bond acceptors (Lipinski definition) is 2. The number of halogens is 6. The standard InChI is InChI=1S/C10H16F6O2/c11-4-2-1-3-5(12)6(13)7(14)8(15)9(16)10(17)18/h5-10,17-18H,1-4H2. The van der Waals surface area contributed by atoms with E-state index in [-0.39, 0.29) is 12.8 Å². The Balaban J connectivity index is 4.26. The highest BCUT2D eigenvalue weighted by Gasteiger charge is 2.42. The summed E-state index contributed by atoms with van der Waals surface area (Å²) in [7, 11) is 0. The van der Waals surface area contributed by atoms with Gasteiger partial charge in [0.25, 0.3) is 0 Å². The van der Waals surface area contributed by atoms with Gasteiger partial charge in [-0.3, -0.25) is 4.39 Å². The number of hydrogen-bond donors (Lipinski definition) is 2. The molecule has 5 unspecified atom stereocenters. The predicted octanol–water partition coefficient (Wildman–Crippen LogP) is 2.13. The molecule has 0 aliphatic heterocycles. The predicted molar refractivity (Wildman–Crippen MR) is 52.5 cm³/mol. The molecule has 5 atom stereocenters. The van der Waals surface area contributed by atoms with Crippen molar-refractivity contribution in [3.8, 4) is 0 Å². The molecule has 0 radical (unpaired) electrons. The summed E-state index contributed by atoms with van der Waals surface area (Å²) in [6.45, 7) is -0.738. The van der Waals surface area contributed by atoms with Crippen LogP contribution in [0.3, 0.4) is 0 Å². The quantitative estimate of drug-likeness (QED) is 0.386. The highest BCUT2D eigenvalue weighted by Crippen LogP contribution is 2.24. The van der Waals surface area contributed by atoms with E-state index in [4.69, 9.17) is 10.2 Å². The average Bonchev–Trinajstić information content (AvgIpc) is 2.35. The molecule has 0 aliphatic carbocycles. The Kier molecular flexibility index (Phi) is 8.34. The topological polar surface area (TPSA) is 40.5 Å². The van der Waals surface area contributed by atoms with Crippen LogP contribution in [0.15, 0.2) is 0 Å². The second kappa shape index (κ2) is 8.58. The third-order valence-electron chi connectivity index (χ3n) is 2.41. The van der Waals surface area contributed by atoms with Crippen molar-refractivity contribution in [1.29, 1.82) is 0 Å². The van der Waals surface area contributed by atoms with Gasteiger partial charge in [0.2, 0.25) is 0 Å². The fourth-order valence-corrected chi connectivity index (χ4v) is 1.31. The van der Waals surface area contributed by atoms with E-state index in [2.05, 4.69) is 0 Å². The van der Waals surface area contributed by atoms with Crippen LogP contribution in [0, 0.1) is 0 Å². The van der Waals surface area contributed by atoms with Gasteiger partial charge in [-0.15, -0.1) is 0 Å². The van der Waals surface area contributed by atoms with Crippen molar-refractivity contribution in [2.75, 3.05) is 6.67 Å². The number of alkyl halides is 6. The Bertz CT molecular complexity index is 219. The van der Waals surface area contributed by atoms with E-state index in [0.717, 1.165) is 0 Å². The van der Waals surface area contributed by atoms with Gasteiger partial charge in [0.15, 0.2) is 31.0 Å². The van der Waals surface area contributed by atoms with Crippen LogP contribution in [-0.4, -0.2) is 54.0 Å². The average molecular weight is 282 g/mol. The third kappa shape index (κ3) is 5.43. The Morgan fingerprint density at radius 2 is 1.22 bits per heavy atom. The minimum atomic E-state index is -3.18. The van der Waals surface area contributed by atoms with Crippen LogP contribution in [0.4, 0.5) is 26.3 Å². The van der Waals surface area contributed by atoms with Crippen LogP contribution in [0.5, 0.6) is 0 Å². The Morgan fingerprint density at radius 1 is 0.722 bits per heavy atom. The molecular weight excluding hydrogens is 266 g/mol. The zero-order valence-corrected chi connectivity index (χ0v) is 9.45. The summed E-state index contributed by atoms with van der Waals surface area (Å²) in [5.74, 6) is 0. The van der Waals surface area contributed by atoms with Gasteiger partial charge in [0.05, 0.1) is 6.67 Å². The molecule has 2 nitrogen and oxygen atoms in total. The molecule has 2 N–H and O–H groups in total. The van der Waals surface area contributed by atoms with Gasteiger partial charge in [0.1, 0.15) is 6.17 Å². The van der Waals surface area contributed by atoms with Gasteiger partial charge in [-0.25, -0.2) is 22.0 Å². The summed E-state index contributed by atoms with van der Waals surface area (Å²) in [6.07, 6.45) is -18.1. The molecule has 0 saturated carbocycles. The lowest BCUT2D eigenvalue weighted by molar-refractivity contribution is -0.131. The molecule has 8 heteroatoms. The molecule has 0 heterocycles. The molecule has 0 saturated heterocycles. The number of unbranched alkanes of at least 4 members (excludes halogenated alkanes) is 1. The summed E-state index contributed by atoms with van der Waals surface area (Å²) in [6, 6.07) is 0. The molecule has 18 heavy (non-hydrogen) atoms. The van der Waals surface area contributed by atoms with Crippen LogP contribution in [-0.2, 0) is 0 Å². The van der Waals surface area contributed by atoms with E-state index in [1.165, 1.54) is 0 Å². The molecular formula is C10H16F6O2. The van der Waals surface area contributed by atoms with Gasteiger partial charge in [-0.2, -0.15) is 0 Å². The van der Waals surface area contributed by atoms with E-state index in [9.17, 15) is 26.3 Å². The van der Waals surface area contributed by atoms with E-state index in [1.807, 2.05) is 0 Å². The van der Waals surface area contributed by atoms with Crippen molar-refractivity contribution in [1.82, 2.24) is 0 Å². The first kappa shape index (κ1) is 17.5. The Hall–Kier alpha value is -0.500. The normalized spacial score (nSPS) is 20.5. The van der Waals surface area contributed by atoms with E-state index >= 15 is 0 Å². The lowest BCUT2D eigenvalue weighted by Gasteiger charge is -2.23. The van der Waals surface area contributed by atoms with Crippen LogP contribution in [0.1, 0.15) is 19.3 Å². The van der Waals surface area contributed by atoms with Crippen molar-refractivity contribution < 1.29 is 36.6 Å². The summed E-state index contributed by atoms with van der Waals surface area (Å²) in [5, 5.41) is 16.5. The minimum Gasteiger partial charge on any atom is -0.366 e. The van der Waals surface area contributed by atoms with Crippen molar-refractivity contribution in [2.45, 2.75) is 56.4 Å². The monoisotopic (exact) mass is 282 g/mol. The molecule has 0 aromatic heterocycles. The number of aliphatic hydroxyl groups excluding tert-OH is 1. The maximum Gasteiger partial charge on any atom is 0.186 e. The molecule has 0 amide bonds. The number of aliphatic hydroxyl groups is 2. The molecule has 0 aromatic rings. The van der Waals surface area contributed by atoms with Gasteiger partial charge in [-0.05, 0) is 19.3 Å². The largest absolute Gasteiger partial charge is 0.366 e. The fourth-order valence-electron chi connectivity index (χ4n) is 1.31. The van der Waals surface area contributed by atoms with Crippen molar-refractivity contribution in [3.05, 3.63) is 0 Å². The Labute approximate surface area is 101 Å². The second-order valence-electron chi connectivity index (χ2n) is 3.89. The maximum absolute atomic E-state index is 13.1. The van der Waals surface area contributed by atoms with Gasteiger partial charge >= 0.3 is 0 Å². The third-order valence-corrected chi connectivity index (χ3v) is 2.41.